The third-order valence-electron chi connectivity index (χ3n) is 1.92. The Bertz CT molecular complexity index is 380. The molecule has 0 spiro atoms. The third-order valence-corrected chi connectivity index (χ3v) is 3.30. The lowest BCUT2D eigenvalue weighted by Crippen LogP contribution is -2.05. The summed E-state index contributed by atoms with van der Waals surface area (Å²) < 4.78 is 5.41. The summed E-state index contributed by atoms with van der Waals surface area (Å²) in [5.41, 5.74) is 1.63. The zero-order chi connectivity index (χ0) is 11.4. The fourth-order valence-electron chi connectivity index (χ4n) is 1.11. The number of esters is 1. The molecule has 0 aliphatic rings. The Hall–Kier alpha value is -0.250. The summed E-state index contributed by atoms with van der Waals surface area (Å²) in [5.74, 6) is 0.0473. The number of methoxy groups -OCH3 is 1. The topological polar surface area (TPSA) is 26.3 Å². The van der Waals surface area contributed by atoms with E-state index in [0.29, 0.717) is 10.9 Å². The Labute approximate surface area is 107 Å². The molecule has 0 atom stereocenters. The van der Waals surface area contributed by atoms with Crippen molar-refractivity contribution in [1.82, 2.24) is 0 Å². The SMILES string of the molecule is COC(=O)Cc1cc(CCl)c(Br)cc1Cl. The summed E-state index contributed by atoms with van der Waals surface area (Å²) in [6.07, 6.45) is 0.159. The summed E-state index contributed by atoms with van der Waals surface area (Å²) in [4.78, 5) is 11.1. The quantitative estimate of drug-likeness (QED) is 0.630. The second-order valence-electron chi connectivity index (χ2n) is 2.92. The zero-order valence-electron chi connectivity index (χ0n) is 8.02. The number of carbonyl (C=O) groups excluding carboxylic acids is 1. The van der Waals surface area contributed by atoms with Gasteiger partial charge in [-0.05, 0) is 17.2 Å². The molecule has 0 fully saturated rings. The Morgan fingerprint density at radius 2 is 2.13 bits per heavy atom. The van der Waals surface area contributed by atoms with Gasteiger partial charge < -0.3 is 4.74 Å². The lowest BCUT2D eigenvalue weighted by atomic mass is 10.1. The molecule has 0 radical (unpaired) electrons. The van der Waals surface area contributed by atoms with Crippen LogP contribution in [0.3, 0.4) is 0 Å². The molecular formula is C10H9BrCl2O2. The Morgan fingerprint density at radius 3 is 2.67 bits per heavy atom. The maximum Gasteiger partial charge on any atom is 0.310 e. The molecule has 0 amide bonds. The van der Waals surface area contributed by atoms with Crippen molar-refractivity contribution in [2.45, 2.75) is 12.3 Å². The van der Waals surface area contributed by atoms with Crippen LogP contribution in [0.15, 0.2) is 16.6 Å². The van der Waals surface area contributed by atoms with Crippen LogP contribution in [0.25, 0.3) is 0 Å². The van der Waals surface area contributed by atoms with Crippen molar-refractivity contribution in [3.63, 3.8) is 0 Å². The van der Waals surface area contributed by atoms with E-state index in [2.05, 4.69) is 20.7 Å². The fraction of sp³-hybridized carbons (Fsp3) is 0.300. The van der Waals surface area contributed by atoms with Gasteiger partial charge in [0.1, 0.15) is 0 Å². The third kappa shape index (κ3) is 3.37. The highest BCUT2D eigenvalue weighted by atomic mass is 79.9. The van der Waals surface area contributed by atoms with Gasteiger partial charge in [0.15, 0.2) is 0 Å². The number of hydrogen-bond donors (Lipinski definition) is 0. The van der Waals surface area contributed by atoms with Crippen molar-refractivity contribution in [3.8, 4) is 0 Å². The molecule has 0 unspecified atom stereocenters. The molecule has 0 saturated carbocycles. The molecule has 2 nitrogen and oxygen atoms in total. The normalized spacial score (nSPS) is 10.1. The number of benzene rings is 1. The molecule has 1 aromatic rings. The van der Waals surface area contributed by atoms with Gasteiger partial charge in [-0.25, -0.2) is 0 Å². The highest BCUT2D eigenvalue weighted by molar-refractivity contribution is 9.10. The van der Waals surface area contributed by atoms with Gasteiger partial charge in [0.05, 0.1) is 13.5 Å². The molecule has 15 heavy (non-hydrogen) atoms. The van der Waals surface area contributed by atoms with Gasteiger partial charge in [-0.15, -0.1) is 11.6 Å². The predicted molar refractivity (Wildman–Crippen MR) is 64.4 cm³/mol. The van der Waals surface area contributed by atoms with E-state index in [9.17, 15) is 4.79 Å². The minimum atomic E-state index is -0.320. The lowest BCUT2D eigenvalue weighted by Gasteiger charge is -2.07. The van der Waals surface area contributed by atoms with Crippen LogP contribution in [0.2, 0.25) is 5.02 Å². The van der Waals surface area contributed by atoms with E-state index < -0.39 is 0 Å². The summed E-state index contributed by atoms with van der Waals surface area (Å²) in [6, 6.07) is 3.54. The van der Waals surface area contributed by atoms with E-state index in [1.54, 1.807) is 12.1 Å². The maximum atomic E-state index is 11.1. The molecule has 82 valence electrons. The van der Waals surface area contributed by atoms with E-state index in [-0.39, 0.29) is 12.4 Å². The summed E-state index contributed by atoms with van der Waals surface area (Å²) in [5, 5.41) is 0.529. The first-order valence-corrected chi connectivity index (χ1v) is 5.88. The molecule has 0 N–H and O–H groups in total. The zero-order valence-corrected chi connectivity index (χ0v) is 11.1. The van der Waals surface area contributed by atoms with Gasteiger partial charge in [0.25, 0.3) is 0 Å². The van der Waals surface area contributed by atoms with Crippen molar-refractivity contribution < 1.29 is 9.53 Å². The fourth-order valence-corrected chi connectivity index (χ4v) is 2.34. The molecule has 0 aliphatic heterocycles. The number of hydrogen-bond acceptors (Lipinski definition) is 2. The van der Waals surface area contributed by atoms with Crippen LogP contribution in [0.4, 0.5) is 0 Å². The molecule has 0 saturated heterocycles. The van der Waals surface area contributed by atoms with E-state index in [1.807, 2.05) is 0 Å². The number of ether oxygens (including phenoxy) is 1. The highest BCUT2D eigenvalue weighted by Gasteiger charge is 2.10. The van der Waals surface area contributed by atoms with E-state index in [0.717, 1.165) is 15.6 Å². The van der Waals surface area contributed by atoms with Crippen LogP contribution in [0.5, 0.6) is 0 Å². The van der Waals surface area contributed by atoms with Crippen LogP contribution in [0, 0.1) is 0 Å². The van der Waals surface area contributed by atoms with Gasteiger partial charge in [-0.3, -0.25) is 4.79 Å². The summed E-state index contributed by atoms with van der Waals surface area (Å²) in [6.45, 7) is 0. The highest BCUT2D eigenvalue weighted by Crippen LogP contribution is 2.27. The minimum Gasteiger partial charge on any atom is -0.469 e. The first-order valence-electron chi connectivity index (χ1n) is 4.18. The van der Waals surface area contributed by atoms with Gasteiger partial charge in [-0.1, -0.05) is 33.6 Å². The average Bonchev–Trinajstić information content (AvgIpc) is 2.21. The van der Waals surface area contributed by atoms with Crippen molar-refractivity contribution in [2.75, 3.05) is 7.11 Å². The number of rotatable bonds is 3. The second kappa shape index (κ2) is 5.73. The van der Waals surface area contributed by atoms with Gasteiger partial charge in [0.2, 0.25) is 0 Å². The summed E-state index contributed by atoms with van der Waals surface area (Å²) >= 11 is 15.1. The molecule has 0 bridgehead atoms. The second-order valence-corrected chi connectivity index (χ2v) is 4.45. The molecule has 5 heteroatoms. The van der Waals surface area contributed by atoms with Crippen LogP contribution in [0.1, 0.15) is 11.1 Å². The van der Waals surface area contributed by atoms with E-state index in [4.69, 9.17) is 23.2 Å². The van der Waals surface area contributed by atoms with Gasteiger partial charge in [0, 0.05) is 15.4 Å². The molecule has 1 rings (SSSR count). The molecule has 0 aliphatic carbocycles. The molecule has 0 heterocycles. The monoisotopic (exact) mass is 310 g/mol. The van der Waals surface area contributed by atoms with Gasteiger partial charge >= 0.3 is 5.97 Å². The Kier molecular flexibility index (Phi) is 4.90. The first-order chi connectivity index (χ1) is 7.08. The Morgan fingerprint density at radius 1 is 1.47 bits per heavy atom. The van der Waals surface area contributed by atoms with Crippen molar-refractivity contribution in [2.24, 2.45) is 0 Å². The number of alkyl halides is 1. The predicted octanol–water partition coefficient (Wildman–Crippen LogP) is 3.56. The van der Waals surface area contributed by atoms with E-state index in [1.165, 1.54) is 7.11 Å². The number of halogens is 3. The standard InChI is InChI=1S/C10H9BrCl2O2/c1-15-10(14)3-6-2-7(5-12)8(11)4-9(6)13/h2,4H,3,5H2,1H3. The van der Waals surface area contributed by atoms with Crippen LogP contribution in [-0.4, -0.2) is 13.1 Å². The lowest BCUT2D eigenvalue weighted by molar-refractivity contribution is -0.139. The largest absolute Gasteiger partial charge is 0.469 e. The van der Waals surface area contributed by atoms with E-state index >= 15 is 0 Å². The van der Waals surface area contributed by atoms with Crippen molar-refractivity contribution >= 4 is 45.1 Å². The average molecular weight is 312 g/mol. The van der Waals surface area contributed by atoms with Gasteiger partial charge in [-0.2, -0.15) is 0 Å². The van der Waals surface area contributed by atoms with Crippen molar-refractivity contribution in [1.29, 1.82) is 0 Å². The molecule has 1 aromatic carbocycles. The first kappa shape index (κ1) is 12.8. The summed E-state index contributed by atoms with van der Waals surface area (Å²) in [7, 11) is 1.34. The Balaban J connectivity index is 3.02. The van der Waals surface area contributed by atoms with Crippen LogP contribution >= 0.6 is 39.1 Å². The molecular weight excluding hydrogens is 303 g/mol. The molecule has 0 aromatic heterocycles. The number of carbonyl (C=O) groups is 1. The van der Waals surface area contributed by atoms with Crippen molar-refractivity contribution in [3.05, 3.63) is 32.8 Å². The minimum absolute atomic E-state index is 0.159. The maximum absolute atomic E-state index is 11.1. The smallest absolute Gasteiger partial charge is 0.310 e. The van der Waals surface area contributed by atoms with Crippen LogP contribution in [-0.2, 0) is 21.8 Å². The van der Waals surface area contributed by atoms with Crippen LogP contribution < -0.4 is 0 Å².